The van der Waals surface area contributed by atoms with E-state index >= 15 is 0 Å². The second kappa shape index (κ2) is 10.2. The van der Waals surface area contributed by atoms with Crippen LogP contribution in [0.15, 0.2) is 70.1 Å². The first-order valence-corrected chi connectivity index (χ1v) is 13.2. The second-order valence-corrected chi connectivity index (χ2v) is 10.7. The van der Waals surface area contributed by atoms with Crippen LogP contribution in [0.3, 0.4) is 0 Å². The van der Waals surface area contributed by atoms with Gasteiger partial charge in [-0.05, 0) is 55.5 Å². The Morgan fingerprint density at radius 3 is 2.47 bits per heavy atom. The molecule has 2 heterocycles. The van der Waals surface area contributed by atoms with Gasteiger partial charge in [0, 0.05) is 26.8 Å². The molecule has 1 fully saturated rings. The van der Waals surface area contributed by atoms with Gasteiger partial charge in [-0.2, -0.15) is 5.10 Å². The molecule has 0 saturated heterocycles. The first kappa shape index (κ1) is 22.9. The standard InChI is InChI=1S/C27H25F2N3S2/c1-18-7-13-23(34-18)16-30-32-26(17-33-27(32)31-25-14-12-22(28)15-24(25)29)21-10-8-20(9-11-21)19-5-3-2-4-6-19/h7-17,19H,2-6H2,1H3/b30-16+,31-27?. The summed E-state index contributed by atoms with van der Waals surface area (Å²) in [4.78, 5) is 7.21. The molecule has 2 aromatic carbocycles. The highest BCUT2D eigenvalue weighted by atomic mass is 32.1. The second-order valence-electron chi connectivity index (χ2n) is 8.57. The molecule has 3 nitrogen and oxygen atoms in total. The zero-order valence-electron chi connectivity index (χ0n) is 18.9. The molecule has 0 radical (unpaired) electrons. The largest absolute Gasteiger partial charge is 0.217 e. The number of aromatic nitrogens is 1. The monoisotopic (exact) mass is 493 g/mol. The number of halogens is 2. The van der Waals surface area contributed by atoms with E-state index in [0.29, 0.717) is 10.7 Å². The zero-order valence-corrected chi connectivity index (χ0v) is 20.5. The minimum absolute atomic E-state index is 0.0818. The fourth-order valence-electron chi connectivity index (χ4n) is 4.36. The molecule has 0 N–H and O–H groups in total. The Balaban J connectivity index is 1.55. The summed E-state index contributed by atoms with van der Waals surface area (Å²) in [7, 11) is 0. The third-order valence-corrected chi connectivity index (χ3v) is 7.91. The van der Waals surface area contributed by atoms with Crippen LogP contribution in [0.5, 0.6) is 0 Å². The summed E-state index contributed by atoms with van der Waals surface area (Å²) in [6, 6.07) is 16.2. The molecule has 2 aromatic heterocycles. The Kier molecular flexibility index (Phi) is 6.83. The number of aryl methyl sites for hydroxylation is 1. The minimum atomic E-state index is -0.698. The van der Waals surface area contributed by atoms with Crippen LogP contribution in [0.25, 0.3) is 11.3 Å². The van der Waals surface area contributed by atoms with Gasteiger partial charge in [-0.15, -0.1) is 22.7 Å². The molecule has 0 bridgehead atoms. The lowest BCUT2D eigenvalue weighted by atomic mass is 9.84. The van der Waals surface area contributed by atoms with Gasteiger partial charge in [0.15, 0.2) is 5.82 Å². The predicted octanol–water partition coefficient (Wildman–Crippen LogP) is 8.03. The number of thiazole rings is 1. The summed E-state index contributed by atoms with van der Waals surface area (Å²) in [5.41, 5.74) is 3.38. The summed E-state index contributed by atoms with van der Waals surface area (Å²) in [6.45, 7) is 2.05. The van der Waals surface area contributed by atoms with Gasteiger partial charge in [0.1, 0.15) is 11.5 Å². The SMILES string of the molecule is Cc1ccc(/C=N/n2c(-c3ccc(C4CCCCC4)cc3)csc2=Nc2ccc(F)cc2F)s1. The molecule has 0 unspecified atom stereocenters. The van der Waals surface area contributed by atoms with E-state index in [1.807, 2.05) is 17.5 Å². The molecule has 1 saturated carbocycles. The van der Waals surface area contributed by atoms with Crippen LogP contribution < -0.4 is 4.80 Å². The van der Waals surface area contributed by atoms with E-state index in [2.05, 4.69) is 36.2 Å². The molecule has 5 rings (SSSR count). The van der Waals surface area contributed by atoms with Crippen LogP contribution >= 0.6 is 22.7 Å². The van der Waals surface area contributed by atoms with E-state index in [0.717, 1.165) is 22.2 Å². The van der Waals surface area contributed by atoms with Gasteiger partial charge in [0.2, 0.25) is 4.80 Å². The summed E-state index contributed by atoms with van der Waals surface area (Å²) >= 11 is 3.03. The smallest absolute Gasteiger partial charge is 0.211 e. The molecule has 1 aliphatic rings. The summed E-state index contributed by atoms with van der Waals surface area (Å²) in [6.07, 6.45) is 8.26. The molecule has 0 spiro atoms. The van der Waals surface area contributed by atoms with Crippen molar-refractivity contribution in [2.45, 2.75) is 44.9 Å². The molecular formula is C27H25F2N3S2. The molecule has 0 atom stereocenters. The third-order valence-electron chi connectivity index (χ3n) is 6.16. The van der Waals surface area contributed by atoms with Crippen molar-refractivity contribution in [1.82, 2.24) is 4.68 Å². The summed E-state index contributed by atoms with van der Waals surface area (Å²) in [5.74, 6) is -0.680. The van der Waals surface area contributed by atoms with E-state index < -0.39 is 11.6 Å². The molecule has 7 heteroatoms. The fraction of sp³-hybridized carbons (Fsp3) is 0.259. The van der Waals surface area contributed by atoms with Gasteiger partial charge in [-0.25, -0.2) is 18.4 Å². The van der Waals surface area contributed by atoms with E-state index in [4.69, 9.17) is 5.10 Å². The van der Waals surface area contributed by atoms with Gasteiger partial charge in [-0.1, -0.05) is 43.5 Å². The third kappa shape index (κ3) is 5.10. The quantitative estimate of drug-likeness (QED) is 0.252. The number of nitrogens with zero attached hydrogens (tertiary/aromatic N) is 3. The molecule has 174 valence electrons. The maximum Gasteiger partial charge on any atom is 0.211 e. The van der Waals surface area contributed by atoms with Crippen LogP contribution in [0, 0.1) is 18.6 Å². The molecule has 0 amide bonds. The van der Waals surface area contributed by atoms with E-state index in [9.17, 15) is 8.78 Å². The average Bonchev–Trinajstić information content (AvgIpc) is 3.45. The number of hydrogen-bond donors (Lipinski definition) is 0. The summed E-state index contributed by atoms with van der Waals surface area (Å²) in [5, 5.41) is 6.68. The highest BCUT2D eigenvalue weighted by Gasteiger charge is 2.16. The van der Waals surface area contributed by atoms with Crippen molar-refractivity contribution in [1.29, 1.82) is 0 Å². The van der Waals surface area contributed by atoms with Gasteiger partial charge in [-0.3, -0.25) is 0 Å². The van der Waals surface area contributed by atoms with Gasteiger partial charge < -0.3 is 0 Å². The number of thiophene rings is 1. The van der Waals surface area contributed by atoms with Crippen molar-refractivity contribution < 1.29 is 8.78 Å². The van der Waals surface area contributed by atoms with Crippen molar-refractivity contribution in [2.24, 2.45) is 10.1 Å². The molecule has 34 heavy (non-hydrogen) atoms. The van der Waals surface area contributed by atoms with Crippen molar-refractivity contribution in [3.63, 3.8) is 0 Å². The van der Waals surface area contributed by atoms with E-state index in [-0.39, 0.29) is 5.69 Å². The van der Waals surface area contributed by atoms with Crippen LogP contribution in [0.4, 0.5) is 14.5 Å². The lowest BCUT2D eigenvalue weighted by molar-refractivity contribution is 0.443. The molecule has 0 aliphatic heterocycles. The topological polar surface area (TPSA) is 29.6 Å². The van der Waals surface area contributed by atoms with Crippen molar-refractivity contribution >= 4 is 34.6 Å². The maximum absolute atomic E-state index is 14.3. The Bertz CT molecular complexity index is 1370. The Hall–Kier alpha value is -2.90. The fourth-order valence-corrected chi connectivity index (χ4v) is 5.95. The van der Waals surface area contributed by atoms with E-state index in [1.54, 1.807) is 22.2 Å². The van der Waals surface area contributed by atoms with Crippen LogP contribution in [-0.4, -0.2) is 10.9 Å². The van der Waals surface area contributed by atoms with Crippen molar-refractivity contribution in [3.05, 3.63) is 91.7 Å². The number of benzene rings is 2. The molecule has 4 aromatic rings. The number of rotatable bonds is 5. The van der Waals surface area contributed by atoms with Crippen LogP contribution in [0.2, 0.25) is 0 Å². The van der Waals surface area contributed by atoms with Gasteiger partial charge >= 0.3 is 0 Å². The number of hydrogen-bond acceptors (Lipinski definition) is 4. The lowest BCUT2D eigenvalue weighted by Crippen LogP contribution is -2.11. The first-order valence-electron chi connectivity index (χ1n) is 11.5. The minimum Gasteiger partial charge on any atom is -0.217 e. The van der Waals surface area contributed by atoms with E-state index in [1.165, 1.54) is 66.0 Å². The normalized spacial score (nSPS) is 15.4. The predicted molar refractivity (Wildman–Crippen MR) is 137 cm³/mol. The van der Waals surface area contributed by atoms with Crippen LogP contribution in [-0.2, 0) is 0 Å². The zero-order chi connectivity index (χ0) is 23.5. The van der Waals surface area contributed by atoms with Crippen LogP contribution in [0.1, 0.15) is 53.3 Å². The highest BCUT2D eigenvalue weighted by molar-refractivity contribution is 7.13. The Morgan fingerprint density at radius 1 is 0.971 bits per heavy atom. The van der Waals surface area contributed by atoms with Gasteiger partial charge in [0.05, 0.1) is 11.9 Å². The van der Waals surface area contributed by atoms with Crippen molar-refractivity contribution in [3.8, 4) is 11.3 Å². The Morgan fingerprint density at radius 2 is 1.76 bits per heavy atom. The highest BCUT2D eigenvalue weighted by Crippen LogP contribution is 2.33. The lowest BCUT2D eigenvalue weighted by Gasteiger charge is -2.22. The summed E-state index contributed by atoms with van der Waals surface area (Å²) < 4.78 is 29.4. The first-order chi connectivity index (χ1) is 16.6. The Labute approximate surface area is 205 Å². The maximum atomic E-state index is 14.3. The van der Waals surface area contributed by atoms with Crippen molar-refractivity contribution in [2.75, 3.05) is 0 Å². The molecule has 1 aliphatic carbocycles. The van der Waals surface area contributed by atoms with Gasteiger partial charge in [0.25, 0.3) is 0 Å². The molecular weight excluding hydrogens is 468 g/mol. The average molecular weight is 494 g/mol.